The number of rotatable bonds is 9. The highest BCUT2D eigenvalue weighted by atomic mass is 16.5. The fourth-order valence-electron chi connectivity index (χ4n) is 3.16. The third-order valence-corrected chi connectivity index (χ3v) is 5.19. The van der Waals surface area contributed by atoms with E-state index < -0.39 is 5.97 Å². The van der Waals surface area contributed by atoms with E-state index in [-0.39, 0.29) is 17.1 Å². The molecule has 0 heterocycles. The van der Waals surface area contributed by atoms with Gasteiger partial charge in [-0.05, 0) is 24.5 Å². The molecule has 168 valence electrons. The normalized spacial score (nSPS) is 11.1. The predicted octanol–water partition coefficient (Wildman–Crippen LogP) is 6.68. The highest BCUT2D eigenvalue weighted by Gasteiger charge is 2.14. The van der Waals surface area contributed by atoms with Crippen molar-refractivity contribution in [3.05, 3.63) is 102 Å². The molecule has 0 bridgehead atoms. The zero-order chi connectivity index (χ0) is 23.2. The van der Waals surface area contributed by atoms with Gasteiger partial charge in [-0.1, -0.05) is 106 Å². The third kappa shape index (κ3) is 8.03. The van der Waals surface area contributed by atoms with E-state index in [1.54, 1.807) is 18.2 Å². The summed E-state index contributed by atoms with van der Waals surface area (Å²) in [5.74, 6) is 0.0260. The number of ether oxygens (including phenoxy) is 1. The summed E-state index contributed by atoms with van der Waals surface area (Å²) in [6.07, 6.45) is 4.41. The van der Waals surface area contributed by atoms with Crippen LogP contribution in [0, 0.1) is 5.92 Å². The smallest absolute Gasteiger partial charge is 0.341 e. The van der Waals surface area contributed by atoms with Crippen LogP contribution in [0.4, 0.5) is 0 Å². The van der Waals surface area contributed by atoms with Gasteiger partial charge in [0, 0.05) is 11.1 Å². The Balaban J connectivity index is 0.000000233. The van der Waals surface area contributed by atoms with Crippen molar-refractivity contribution < 1.29 is 19.4 Å². The molecule has 0 saturated heterocycles. The molecule has 4 nitrogen and oxygen atoms in total. The quantitative estimate of drug-likeness (QED) is 0.302. The molecule has 0 aliphatic heterocycles. The summed E-state index contributed by atoms with van der Waals surface area (Å²) in [7, 11) is 0. The van der Waals surface area contributed by atoms with E-state index in [0.29, 0.717) is 12.5 Å². The van der Waals surface area contributed by atoms with Gasteiger partial charge >= 0.3 is 5.97 Å². The lowest BCUT2D eigenvalue weighted by molar-refractivity contribution is 0.0425. The number of hydrogen-bond donors (Lipinski definition) is 1. The van der Waals surface area contributed by atoms with E-state index in [4.69, 9.17) is 4.74 Å². The highest BCUT2D eigenvalue weighted by Crippen LogP contribution is 2.18. The van der Waals surface area contributed by atoms with Gasteiger partial charge in [0.25, 0.3) is 0 Å². The van der Waals surface area contributed by atoms with Crippen molar-refractivity contribution in [2.75, 3.05) is 6.61 Å². The second-order valence-electron chi connectivity index (χ2n) is 7.59. The Kier molecular flexibility index (Phi) is 10.7. The molecule has 32 heavy (non-hydrogen) atoms. The van der Waals surface area contributed by atoms with E-state index in [1.165, 1.54) is 6.07 Å². The maximum atomic E-state index is 11.8. The Hall–Kier alpha value is -3.40. The molecule has 1 unspecified atom stereocenters. The van der Waals surface area contributed by atoms with Crippen LogP contribution in [0.2, 0.25) is 0 Å². The van der Waals surface area contributed by atoms with E-state index in [9.17, 15) is 14.7 Å². The summed E-state index contributed by atoms with van der Waals surface area (Å²) in [6.45, 7) is 4.69. The molecule has 0 spiro atoms. The number of phenolic OH excluding ortho intramolecular Hbond substituents is 1. The van der Waals surface area contributed by atoms with Crippen LogP contribution in [0.25, 0.3) is 0 Å². The van der Waals surface area contributed by atoms with Gasteiger partial charge in [0.05, 0.1) is 6.61 Å². The lowest BCUT2D eigenvalue weighted by atomic mass is 10.0. The minimum atomic E-state index is -0.442. The van der Waals surface area contributed by atoms with Gasteiger partial charge in [0.1, 0.15) is 11.3 Å². The van der Waals surface area contributed by atoms with E-state index >= 15 is 0 Å². The molecule has 0 saturated carbocycles. The number of phenols is 1. The second-order valence-corrected chi connectivity index (χ2v) is 7.59. The van der Waals surface area contributed by atoms with Crippen molar-refractivity contribution in [1.29, 1.82) is 0 Å². The van der Waals surface area contributed by atoms with Crippen LogP contribution in [0.15, 0.2) is 84.9 Å². The average molecular weight is 433 g/mol. The molecule has 3 aromatic carbocycles. The zero-order valence-corrected chi connectivity index (χ0v) is 18.9. The van der Waals surface area contributed by atoms with Crippen molar-refractivity contribution in [1.82, 2.24) is 0 Å². The highest BCUT2D eigenvalue weighted by molar-refractivity contribution is 6.08. The van der Waals surface area contributed by atoms with Crippen LogP contribution >= 0.6 is 0 Å². The van der Waals surface area contributed by atoms with Crippen LogP contribution in [0.3, 0.4) is 0 Å². The largest absolute Gasteiger partial charge is 0.507 e. The SMILES string of the molecule is CCCCC(CC)COC(=O)c1ccccc1O.O=C(c1ccccc1)c1ccccc1. The average Bonchev–Trinajstić information content (AvgIpc) is 2.85. The molecule has 0 aliphatic rings. The minimum absolute atomic E-state index is 0.0240. The summed E-state index contributed by atoms with van der Waals surface area (Å²) in [5.41, 5.74) is 1.71. The van der Waals surface area contributed by atoms with Crippen molar-refractivity contribution in [2.24, 2.45) is 5.92 Å². The number of unbranched alkanes of at least 4 members (excludes halogenated alkanes) is 1. The van der Waals surface area contributed by atoms with E-state index in [2.05, 4.69) is 13.8 Å². The predicted molar refractivity (Wildman–Crippen MR) is 128 cm³/mol. The Bertz CT molecular complexity index is 910. The van der Waals surface area contributed by atoms with Gasteiger partial charge in [-0.15, -0.1) is 0 Å². The number of ketones is 1. The number of esters is 1. The van der Waals surface area contributed by atoms with Crippen LogP contribution in [-0.2, 0) is 4.74 Å². The van der Waals surface area contributed by atoms with Crippen LogP contribution in [-0.4, -0.2) is 23.5 Å². The fraction of sp³-hybridized carbons (Fsp3) is 0.286. The molecule has 3 rings (SSSR count). The zero-order valence-electron chi connectivity index (χ0n) is 18.9. The first-order valence-electron chi connectivity index (χ1n) is 11.2. The van der Waals surface area contributed by atoms with Gasteiger partial charge in [-0.25, -0.2) is 4.79 Å². The topological polar surface area (TPSA) is 63.6 Å². The first-order valence-corrected chi connectivity index (χ1v) is 11.2. The number of benzene rings is 3. The monoisotopic (exact) mass is 432 g/mol. The standard InChI is InChI=1S/C15H22O3.C13H10O/c1-3-5-8-12(4-2)11-18-15(17)13-9-6-7-10-14(13)16;14-13(11-7-3-1-4-8-11)12-9-5-2-6-10-12/h6-7,9-10,12,16H,3-5,8,11H2,1-2H3;1-10H. The number of hydrogen-bond acceptors (Lipinski definition) is 4. The maximum absolute atomic E-state index is 11.8. The molecule has 0 amide bonds. The molecule has 1 N–H and O–H groups in total. The van der Waals surface area contributed by atoms with E-state index in [1.807, 2.05) is 60.7 Å². The van der Waals surface area contributed by atoms with Gasteiger partial charge < -0.3 is 9.84 Å². The number of carbonyl (C=O) groups is 2. The molecule has 0 aromatic heterocycles. The summed E-state index contributed by atoms with van der Waals surface area (Å²) < 4.78 is 5.26. The number of carbonyl (C=O) groups excluding carboxylic acids is 2. The first-order chi connectivity index (χ1) is 15.6. The minimum Gasteiger partial charge on any atom is -0.507 e. The summed E-state index contributed by atoms with van der Waals surface area (Å²) in [5, 5.41) is 9.54. The molecule has 1 atom stereocenters. The third-order valence-electron chi connectivity index (χ3n) is 5.19. The lowest BCUT2D eigenvalue weighted by Gasteiger charge is -2.14. The Morgan fingerprint density at radius 1 is 0.812 bits per heavy atom. The van der Waals surface area contributed by atoms with Gasteiger partial charge in [-0.3, -0.25) is 4.79 Å². The second kappa shape index (κ2) is 13.8. The van der Waals surface area contributed by atoms with Gasteiger partial charge in [0.15, 0.2) is 5.78 Å². The van der Waals surface area contributed by atoms with Gasteiger partial charge in [0.2, 0.25) is 0 Å². The number of aromatic hydroxyl groups is 1. The van der Waals surface area contributed by atoms with Crippen molar-refractivity contribution in [3.63, 3.8) is 0 Å². The van der Waals surface area contributed by atoms with Crippen LogP contribution < -0.4 is 0 Å². The molecule has 0 aliphatic carbocycles. The molecular weight excluding hydrogens is 400 g/mol. The maximum Gasteiger partial charge on any atom is 0.341 e. The molecule has 4 heteroatoms. The summed E-state index contributed by atoms with van der Waals surface area (Å²) >= 11 is 0. The lowest BCUT2D eigenvalue weighted by Crippen LogP contribution is -2.14. The van der Waals surface area contributed by atoms with Crippen molar-refractivity contribution in [2.45, 2.75) is 39.5 Å². The number of para-hydroxylation sites is 1. The van der Waals surface area contributed by atoms with Crippen LogP contribution in [0.1, 0.15) is 65.8 Å². The molecule has 3 aromatic rings. The van der Waals surface area contributed by atoms with Gasteiger partial charge in [-0.2, -0.15) is 0 Å². The summed E-state index contributed by atoms with van der Waals surface area (Å²) in [6, 6.07) is 25.1. The summed E-state index contributed by atoms with van der Waals surface area (Å²) in [4.78, 5) is 23.6. The molecule has 0 fully saturated rings. The first kappa shape index (κ1) is 24.9. The van der Waals surface area contributed by atoms with Crippen molar-refractivity contribution >= 4 is 11.8 Å². The Morgan fingerprint density at radius 3 is 1.84 bits per heavy atom. The molecule has 0 radical (unpaired) electrons. The Morgan fingerprint density at radius 2 is 1.34 bits per heavy atom. The Labute approximate surface area is 190 Å². The van der Waals surface area contributed by atoms with Crippen LogP contribution in [0.5, 0.6) is 5.75 Å². The fourth-order valence-corrected chi connectivity index (χ4v) is 3.16. The van der Waals surface area contributed by atoms with Crippen molar-refractivity contribution in [3.8, 4) is 5.75 Å². The van der Waals surface area contributed by atoms with E-state index in [0.717, 1.165) is 36.8 Å². The molecular formula is C28H32O4.